The zero-order chi connectivity index (χ0) is 15.6. The van der Waals surface area contributed by atoms with Crippen molar-refractivity contribution in [3.63, 3.8) is 0 Å². The lowest BCUT2D eigenvalue weighted by Crippen LogP contribution is -2.49. The molecule has 0 radical (unpaired) electrons. The Hall–Kier alpha value is -1.60. The van der Waals surface area contributed by atoms with Crippen LogP contribution in [0.4, 0.5) is 10.5 Å². The molecule has 7 heteroatoms. The Bertz CT molecular complexity index is 554. The Morgan fingerprint density at radius 1 is 1.33 bits per heavy atom. The molecule has 1 saturated heterocycles. The molecule has 2 rings (SSSR count). The van der Waals surface area contributed by atoms with Crippen molar-refractivity contribution >= 4 is 33.6 Å². The summed E-state index contributed by atoms with van der Waals surface area (Å²) in [6.07, 6.45) is -0.0296. The second-order valence-corrected chi connectivity index (χ2v) is 5.95. The number of nitrogens with zero attached hydrogens (tertiary/aromatic N) is 1. The molecular weight excluding hydrogens is 340 g/mol. The molecule has 2 N–H and O–H groups in total. The van der Waals surface area contributed by atoms with Gasteiger partial charge in [-0.1, -0.05) is 0 Å². The van der Waals surface area contributed by atoms with E-state index < -0.39 is 5.97 Å². The molecule has 2 amide bonds. The van der Waals surface area contributed by atoms with Gasteiger partial charge in [0.15, 0.2) is 0 Å². The Labute approximate surface area is 131 Å². The molecule has 1 aliphatic heterocycles. The lowest BCUT2D eigenvalue weighted by molar-refractivity contribution is -0.0530. The third kappa shape index (κ3) is 3.95. The molecule has 0 aliphatic carbocycles. The van der Waals surface area contributed by atoms with Crippen LogP contribution < -0.4 is 5.32 Å². The van der Waals surface area contributed by atoms with E-state index in [4.69, 9.17) is 9.84 Å². The van der Waals surface area contributed by atoms with Crippen molar-refractivity contribution < 1.29 is 19.4 Å². The smallest absolute Gasteiger partial charge is 0.336 e. The Morgan fingerprint density at radius 2 is 1.95 bits per heavy atom. The number of morpholine rings is 1. The van der Waals surface area contributed by atoms with E-state index in [0.717, 1.165) is 0 Å². The van der Waals surface area contributed by atoms with Gasteiger partial charge in [0, 0.05) is 23.2 Å². The maximum Gasteiger partial charge on any atom is 0.336 e. The van der Waals surface area contributed by atoms with Gasteiger partial charge in [-0.15, -0.1) is 0 Å². The van der Waals surface area contributed by atoms with Gasteiger partial charge in [0.1, 0.15) is 0 Å². The predicted molar refractivity (Wildman–Crippen MR) is 81.7 cm³/mol. The van der Waals surface area contributed by atoms with Crippen molar-refractivity contribution in [3.8, 4) is 0 Å². The van der Waals surface area contributed by atoms with Crippen LogP contribution in [0.15, 0.2) is 22.7 Å². The molecule has 2 unspecified atom stereocenters. The van der Waals surface area contributed by atoms with Crippen molar-refractivity contribution in [2.45, 2.75) is 26.1 Å². The van der Waals surface area contributed by atoms with E-state index in [1.165, 1.54) is 6.07 Å². The normalized spacial score (nSPS) is 22.0. The topological polar surface area (TPSA) is 78.9 Å². The zero-order valence-electron chi connectivity index (χ0n) is 11.8. The molecule has 114 valence electrons. The number of amides is 2. The number of anilines is 1. The molecule has 0 aromatic heterocycles. The summed E-state index contributed by atoms with van der Waals surface area (Å²) in [7, 11) is 0. The lowest BCUT2D eigenvalue weighted by Gasteiger charge is -2.35. The number of ether oxygens (including phenoxy) is 1. The minimum atomic E-state index is -1.05. The molecule has 1 heterocycles. The molecule has 6 nitrogen and oxygen atoms in total. The first-order valence-corrected chi connectivity index (χ1v) is 7.40. The van der Waals surface area contributed by atoms with Gasteiger partial charge in [0.05, 0.1) is 17.8 Å². The monoisotopic (exact) mass is 356 g/mol. The number of halogens is 1. The maximum atomic E-state index is 12.2. The summed E-state index contributed by atoms with van der Waals surface area (Å²) < 4.78 is 6.05. The highest BCUT2D eigenvalue weighted by Crippen LogP contribution is 2.22. The summed E-state index contributed by atoms with van der Waals surface area (Å²) in [6.45, 7) is 4.85. The van der Waals surface area contributed by atoms with Crippen molar-refractivity contribution in [1.29, 1.82) is 0 Å². The van der Waals surface area contributed by atoms with E-state index in [0.29, 0.717) is 23.2 Å². The summed E-state index contributed by atoms with van der Waals surface area (Å²) in [5.74, 6) is -1.05. The highest BCUT2D eigenvalue weighted by molar-refractivity contribution is 9.10. The van der Waals surface area contributed by atoms with Crippen LogP contribution in [0.5, 0.6) is 0 Å². The molecule has 0 bridgehead atoms. The molecular formula is C14H17BrN2O4. The average Bonchev–Trinajstić information content (AvgIpc) is 2.39. The van der Waals surface area contributed by atoms with Gasteiger partial charge in [0.2, 0.25) is 0 Å². The van der Waals surface area contributed by atoms with Crippen LogP contribution in [0.25, 0.3) is 0 Å². The van der Waals surface area contributed by atoms with Crippen molar-refractivity contribution in [2.75, 3.05) is 18.4 Å². The second kappa shape index (κ2) is 6.44. The Morgan fingerprint density at radius 3 is 2.52 bits per heavy atom. The third-order valence-corrected chi connectivity index (χ3v) is 3.85. The Balaban J connectivity index is 2.09. The Kier molecular flexibility index (Phi) is 4.84. The quantitative estimate of drug-likeness (QED) is 0.853. The highest BCUT2D eigenvalue weighted by Gasteiger charge is 2.26. The molecule has 2 atom stereocenters. The van der Waals surface area contributed by atoms with Gasteiger partial charge in [0.25, 0.3) is 0 Å². The number of hydrogen-bond donors (Lipinski definition) is 2. The van der Waals surface area contributed by atoms with Crippen LogP contribution in [-0.2, 0) is 4.74 Å². The molecule has 21 heavy (non-hydrogen) atoms. The lowest BCUT2D eigenvalue weighted by atomic mass is 10.2. The van der Waals surface area contributed by atoms with E-state index in [1.54, 1.807) is 17.0 Å². The SMILES string of the molecule is CC1CN(C(=O)Nc2ccc(Br)c(C(=O)O)c2)CC(C)O1. The standard InChI is InChI=1S/C14H17BrN2O4/c1-8-6-17(7-9(2)21-8)14(20)16-10-3-4-12(15)11(5-10)13(18)19/h3-5,8-9H,6-7H2,1-2H3,(H,16,20)(H,18,19). The predicted octanol–water partition coefficient (Wildman–Crippen LogP) is 2.79. The number of rotatable bonds is 2. The largest absolute Gasteiger partial charge is 0.478 e. The van der Waals surface area contributed by atoms with Crippen LogP contribution >= 0.6 is 15.9 Å². The number of nitrogens with one attached hydrogen (secondary N) is 1. The van der Waals surface area contributed by atoms with Crippen molar-refractivity contribution in [1.82, 2.24) is 4.90 Å². The molecule has 1 aromatic rings. The first kappa shape index (κ1) is 15.8. The number of carboxylic acids is 1. The molecule has 0 spiro atoms. The average molecular weight is 357 g/mol. The number of carbonyl (C=O) groups excluding carboxylic acids is 1. The molecule has 1 aromatic carbocycles. The van der Waals surface area contributed by atoms with Gasteiger partial charge >= 0.3 is 12.0 Å². The fourth-order valence-electron chi connectivity index (χ4n) is 2.31. The van der Waals surface area contributed by atoms with Gasteiger partial charge in [-0.05, 0) is 48.0 Å². The summed E-state index contributed by atoms with van der Waals surface area (Å²) >= 11 is 3.17. The fraction of sp³-hybridized carbons (Fsp3) is 0.429. The van der Waals surface area contributed by atoms with Gasteiger partial charge < -0.3 is 20.1 Å². The number of benzene rings is 1. The third-order valence-electron chi connectivity index (χ3n) is 3.15. The van der Waals surface area contributed by atoms with Crippen molar-refractivity contribution in [3.05, 3.63) is 28.2 Å². The maximum absolute atomic E-state index is 12.2. The van der Waals surface area contributed by atoms with Crippen LogP contribution in [-0.4, -0.2) is 47.3 Å². The van der Waals surface area contributed by atoms with E-state index in [9.17, 15) is 9.59 Å². The number of carboxylic acid groups (broad SMARTS) is 1. The summed E-state index contributed by atoms with van der Waals surface area (Å²) in [4.78, 5) is 25.0. The van der Waals surface area contributed by atoms with E-state index >= 15 is 0 Å². The van der Waals surface area contributed by atoms with E-state index in [1.807, 2.05) is 13.8 Å². The van der Waals surface area contributed by atoms with E-state index in [-0.39, 0.29) is 23.8 Å². The van der Waals surface area contributed by atoms with Crippen LogP contribution in [0, 0.1) is 0 Å². The van der Waals surface area contributed by atoms with Gasteiger partial charge in [-0.3, -0.25) is 0 Å². The second-order valence-electron chi connectivity index (χ2n) is 5.09. The highest BCUT2D eigenvalue weighted by atomic mass is 79.9. The molecule has 0 saturated carbocycles. The van der Waals surface area contributed by atoms with Crippen LogP contribution in [0.3, 0.4) is 0 Å². The first-order chi connectivity index (χ1) is 9.86. The zero-order valence-corrected chi connectivity index (χ0v) is 13.4. The van der Waals surface area contributed by atoms with Crippen LogP contribution in [0.2, 0.25) is 0 Å². The number of urea groups is 1. The number of aromatic carboxylic acids is 1. The van der Waals surface area contributed by atoms with Gasteiger partial charge in [-0.2, -0.15) is 0 Å². The summed E-state index contributed by atoms with van der Waals surface area (Å²) in [5.41, 5.74) is 0.559. The molecule has 1 fully saturated rings. The minimum absolute atomic E-state index is 0.0148. The number of hydrogen-bond acceptors (Lipinski definition) is 3. The summed E-state index contributed by atoms with van der Waals surface area (Å²) in [5, 5.41) is 11.8. The number of carbonyl (C=O) groups is 2. The van der Waals surface area contributed by atoms with Crippen LogP contribution in [0.1, 0.15) is 24.2 Å². The van der Waals surface area contributed by atoms with Crippen molar-refractivity contribution in [2.24, 2.45) is 0 Å². The van der Waals surface area contributed by atoms with E-state index in [2.05, 4.69) is 21.2 Å². The first-order valence-electron chi connectivity index (χ1n) is 6.61. The minimum Gasteiger partial charge on any atom is -0.478 e. The molecule has 1 aliphatic rings. The fourth-order valence-corrected chi connectivity index (χ4v) is 2.73. The summed E-state index contributed by atoms with van der Waals surface area (Å²) in [6, 6.07) is 4.43. The van der Waals surface area contributed by atoms with Gasteiger partial charge in [-0.25, -0.2) is 9.59 Å².